The standard InChI is InChI=1S/C18H15N/c1-3-14-5-4-6-15(12-14)18-10-8-16-11-13(2)7-9-17(16)19-18/h3-12H,1H2,2H3. The molecule has 0 saturated carbocycles. The molecule has 0 spiro atoms. The van der Waals surface area contributed by atoms with Gasteiger partial charge in [-0.25, -0.2) is 4.98 Å². The molecular weight excluding hydrogens is 230 g/mol. The van der Waals surface area contributed by atoms with Gasteiger partial charge in [-0.2, -0.15) is 0 Å². The minimum Gasteiger partial charge on any atom is -0.248 e. The summed E-state index contributed by atoms with van der Waals surface area (Å²) in [6.07, 6.45) is 1.86. The van der Waals surface area contributed by atoms with Gasteiger partial charge in [0.15, 0.2) is 0 Å². The van der Waals surface area contributed by atoms with Crippen LogP contribution in [0, 0.1) is 6.92 Å². The van der Waals surface area contributed by atoms with E-state index in [1.807, 2.05) is 18.2 Å². The Balaban J connectivity index is 2.14. The molecule has 1 aromatic heterocycles. The van der Waals surface area contributed by atoms with Crippen molar-refractivity contribution in [3.05, 3.63) is 72.3 Å². The topological polar surface area (TPSA) is 12.9 Å². The predicted octanol–water partition coefficient (Wildman–Crippen LogP) is 4.85. The minimum absolute atomic E-state index is 1.00. The molecular formula is C18H15N. The molecule has 0 unspecified atom stereocenters. The number of pyridine rings is 1. The van der Waals surface area contributed by atoms with Crippen LogP contribution in [0.2, 0.25) is 0 Å². The summed E-state index contributed by atoms with van der Waals surface area (Å²) in [4.78, 5) is 4.73. The van der Waals surface area contributed by atoms with Crippen molar-refractivity contribution < 1.29 is 0 Å². The van der Waals surface area contributed by atoms with Crippen LogP contribution in [-0.4, -0.2) is 4.98 Å². The second-order valence-corrected chi connectivity index (χ2v) is 4.72. The second-order valence-electron chi connectivity index (χ2n) is 4.72. The molecule has 0 radical (unpaired) electrons. The van der Waals surface area contributed by atoms with E-state index in [0.717, 1.165) is 22.3 Å². The van der Waals surface area contributed by atoms with Crippen LogP contribution in [0.4, 0.5) is 0 Å². The van der Waals surface area contributed by atoms with Crippen molar-refractivity contribution >= 4 is 17.0 Å². The van der Waals surface area contributed by atoms with Crippen LogP contribution in [0.15, 0.2) is 61.2 Å². The van der Waals surface area contributed by atoms with Crippen molar-refractivity contribution in [3.63, 3.8) is 0 Å². The Bertz CT molecular complexity index is 756. The summed E-state index contributed by atoms with van der Waals surface area (Å²) >= 11 is 0. The van der Waals surface area contributed by atoms with E-state index in [1.54, 1.807) is 0 Å². The van der Waals surface area contributed by atoms with Gasteiger partial charge in [-0.15, -0.1) is 0 Å². The molecule has 1 heterocycles. The van der Waals surface area contributed by atoms with E-state index in [1.165, 1.54) is 10.9 Å². The second kappa shape index (κ2) is 4.69. The molecule has 3 aromatic rings. The fraction of sp³-hybridized carbons (Fsp3) is 0.0556. The Hall–Kier alpha value is -2.41. The molecule has 0 fully saturated rings. The summed E-state index contributed by atoms with van der Waals surface area (Å²) < 4.78 is 0. The zero-order chi connectivity index (χ0) is 13.2. The molecule has 0 saturated heterocycles. The third kappa shape index (κ3) is 2.27. The largest absolute Gasteiger partial charge is 0.248 e. The van der Waals surface area contributed by atoms with Crippen LogP contribution >= 0.6 is 0 Å². The van der Waals surface area contributed by atoms with Crippen molar-refractivity contribution in [2.45, 2.75) is 6.92 Å². The lowest BCUT2D eigenvalue weighted by molar-refractivity contribution is 1.38. The zero-order valence-corrected chi connectivity index (χ0v) is 10.9. The maximum Gasteiger partial charge on any atom is 0.0709 e. The molecule has 0 aliphatic rings. The molecule has 0 aliphatic carbocycles. The van der Waals surface area contributed by atoms with Crippen molar-refractivity contribution in [1.29, 1.82) is 0 Å². The van der Waals surface area contributed by atoms with Gasteiger partial charge in [0.25, 0.3) is 0 Å². The number of fused-ring (bicyclic) bond motifs is 1. The molecule has 1 nitrogen and oxygen atoms in total. The Morgan fingerprint density at radius 1 is 1.00 bits per heavy atom. The minimum atomic E-state index is 1.00. The summed E-state index contributed by atoms with van der Waals surface area (Å²) in [6.45, 7) is 5.90. The third-order valence-electron chi connectivity index (χ3n) is 3.26. The fourth-order valence-corrected chi connectivity index (χ4v) is 2.23. The lowest BCUT2D eigenvalue weighted by atomic mass is 10.1. The molecule has 0 bridgehead atoms. The summed E-state index contributed by atoms with van der Waals surface area (Å²) in [5.41, 5.74) is 5.53. The quantitative estimate of drug-likeness (QED) is 0.628. The number of aromatic nitrogens is 1. The van der Waals surface area contributed by atoms with E-state index < -0.39 is 0 Å². The van der Waals surface area contributed by atoms with Crippen LogP contribution in [0.25, 0.3) is 28.2 Å². The lowest BCUT2D eigenvalue weighted by Gasteiger charge is -2.05. The van der Waals surface area contributed by atoms with Crippen molar-refractivity contribution in [2.75, 3.05) is 0 Å². The van der Waals surface area contributed by atoms with Crippen LogP contribution < -0.4 is 0 Å². The summed E-state index contributed by atoms with van der Waals surface area (Å²) in [6, 6.07) is 18.8. The predicted molar refractivity (Wildman–Crippen MR) is 82.0 cm³/mol. The first-order valence-electron chi connectivity index (χ1n) is 6.36. The van der Waals surface area contributed by atoms with Crippen molar-refractivity contribution in [1.82, 2.24) is 4.98 Å². The Labute approximate surface area is 113 Å². The number of hydrogen-bond donors (Lipinski definition) is 0. The molecule has 92 valence electrons. The maximum absolute atomic E-state index is 4.73. The van der Waals surface area contributed by atoms with Gasteiger partial charge in [-0.05, 0) is 36.8 Å². The first kappa shape index (κ1) is 11.7. The molecule has 3 rings (SSSR count). The first-order valence-corrected chi connectivity index (χ1v) is 6.36. The van der Waals surface area contributed by atoms with Gasteiger partial charge in [0.05, 0.1) is 11.2 Å². The van der Waals surface area contributed by atoms with Gasteiger partial charge in [-0.1, -0.05) is 48.6 Å². The van der Waals surface area contributed by atoms with Gasteiger partial charge < -0.3 is 0 Å². The van der Waals surface area contributed by atoms with Crippen LogP contribution in [0.1, 0.15) is 11.1 Å². The highest BCUT2D eigenvalue weighted by Gasteiger charge is 2.02. The van der Waals surface area contributed by atoms with E-state index in [-0.39, 0.29) is 0 Å². The maximum atomic E-state index is 4.73. The highest BCUT2D eigenvalue weighted by molar-refractivity contribution is 5.82. The van der Waals surface area contributed by atoms with E-state index in [0.29, 0.717) is 0 Å². The van der Waals surface area contributed by atoms with Gasteiger partial charge in [0, 0.05) is 10.9 Å². The van der Waals surface area contributed by atoms with Crippen molar-refractivity contribution in [3.8, 4) is 11.3 Å². The van der Waals surface area contributed by atoms with Crippen LogP contribution in [0.5, 0.6) is 0 Å². The van der Waals surface area contributed by atoms with Crippen molar-refractivity contribution in [2.24, 2.45) is 0 Å². The summed E-state index contributed by atoms with van der Waals surface area (Å²) in [5.74, 6) is 0. The molecule has 0 N–H and O–H groups in total. The third-order valence-corrected chi connectivity index (χ3v) is 3.26. The first-order chi connectivity index (χ1) is 9.26. The number of aryl methyl sites for hydroxylation is 1. The Morgan fingerprint density at radius 2 is 1.89 bits per heavy atom. The average molecular weight is 245 g/mol. The monoisotopic (exact) mass is 245 g/mol. The molecule has 0 atom stereocenters. The summed E-state index contributed by atoms with van der Waals surface area (Å²) in [7, 11) is 0. The molecule has 2 aromatic carbocycles. The summed E-state index contributed by atoms with van der Waals surface area (Å²) in [5, 5.41) is 1.18. The van der Waals surface area contributed by atoms with E-state index in [4.69, 9.17) is 4.98 Å². The number of benzene rings is 2. The van der Waals surface area contributed by atoms with Crippen LogP contribution in [-0.2, 0) is 0 Å². The Kier molecular flexibility index (Phi) is 2.88. The average Bonchev–Trinajstić information content (AvgIpc) is 2.46. The van der Waals surface area contributed by atoms with Gasteiger partial charge in [0.2, 0.25) is 0 Å². The highest BCUT2D eigenvalue weighted by Crippen LogP contribution is 2.22. The van der Waals surface area contributed by atoms with E-state index in [9.17, 15) is 0 Å². The van der Waals surface area contributed by atoms with Gasteiger partial charge in [0.1, 0.15) is 0 Å². The zero-order valence-electron chi connectivity index (χ0n) is 10.9. The molecule has 19 heavy (non-hydrogen) atoms. The van der Waals surface area contributed by atoms with E-state index in [2.05, 4.69) is 56.0 Å². The fourth-order valence-electron chi connectivity index (χ4n) is 2.23. The highest BCUT2D eigenvalue weighted by atomic mass is 14.7. The van der Waals surface area contributed by atoms with Gasteiger partial charge >= 0.3 is 0 Å². The number of nitrogens with zero attached hydrogens (tertiary/aromatic N) is 1. The normalized spacial score (nSPS) is 10.6. The molecule has 1 heteroatoms. The molecule has 0 amide bonds. The Morgan fingerprint density at radius 3 is 2.74 bits per heavy atom. The number of hydrogen-bond acceptors (Lipinski definition) is 1. The SMILES string of the molecule is C=Cc1cccc(-c2ccc3cc(C)ccc3n2)c1. The van der Waals surface area contributed by atoms with Crippen LogP contribution in [0.3, 0.4) is 0 Å². The lowest BCUT2D eigenvalue weighted by Crippen LogP contribution is -1.86. The smallest absolute Gasteiger partial charge is 0.0709 e. The molecule has 0 aliphatic heterocycles. The van der Waals surface area contributed by atoms with Gasteiger partial charge in [-0.3, -0.25) is 0 Å². The number of rotatable bonds is 2. The van der Waals surface area contributed by atoms with E-state index >= 15 is 0 Å².